The molecule has 0 spiro atoms. The number of benzene rings is 2. The summed E-state index contributed by atoms with van der Waals surface area (Å²) in [5, 5.41) is 2.85. The summed E-state index contributed by atoms with van der Waals surface area (Å²) in [7, 11) is 1.58. The lowest BCUT2D eigenvalue weighted by Gasteiger charge is -2.12. The Morgan fingerprint density at radius 2 is 1.77 bits per heavy atom. The summed E-state index contributed by atoms with van der Waals surface area (Å²) in [5.41, 5.74) is 7.83. The predicted octanol–water partition coefficient (Wildman–Crippen LogP) is 3.93. The van der Waals surface area contributed by atoms with Crippen molar-refractivity contribution in [1.82, 2.24) is 10.3 Å². The third-order valence-electron chi connectivity index (χ3n) is 4.27. The Bertz CT molecular complexity index is 990. The quantitative estimate of drug-likeness (QED) is 0.558. The van der Waals surface area contributed by atoms with Crippen molar-refractivity contribution in [2.24, 2.45) is 0 Å². The van der Waals surface area contributed by atoms with Gasteiger partial charge in [0.25, 0.3) is 5.91 Å². The van der Waals surface area contributed by atoms with Crippen molar-refractivity contribution in [2.75, 3.05) is 19.5 Å². The molecule has 2 aromatic carbocycles. The molecule has 30 heavy (non-hydrogen) atoms. The number of nitrogen functional groups attached to an aromatic ring is 1. The fourth-order valence-electron chi connectivity index (χ4n) is 2.83. The first-order chi connectivity index (χ1) is 14.6. The SMILES string of the molecule is CCOc1ccccc1Oc1ccc(CNC(=O)c2ccc(COC)nc2N)cc1. The van der Waals surface area contributed by atoms with Crippen LogP contribution in [0.3, 0.4) is 0 Å². The van der Waals surface area contributed by atoms with E-state index in [0.29, 0.717) is 48.3 Å². The van der Waals surface area contributed by atoms with Crippen molar-refractivity contribution in [1.29, 1.82) is 0 Å². The van der Waals surface area contributed by atoms with Gasteiger partial charge in [-0.25, -0.2) is 4.98 Å². The number of methoxy groups -OCH3 is 1. The lowest BCUT2D eigenvalue weighted by molar-refractivity contribution is 0.0951. The fourth-order valence-corrected chi connectivity index (χ4v) is 2.83. The zero-order valence-corrected chi connectivity index (χ0v) is 17.1. The van der Waals surface area contributed by atoms with Crippen LogP contribution in [0.4, 0.5) is 5.82 Å². The highest BCUT2D eigenvalue weighted by atomic mass is 16.5. The van der Waals surface area contributed by atoms with E-state index in [2.05, 4.69) is 10.3 Å². The van der Waals surface area contributed by atoms with Crippen molar-refractivity contribution >= 4 is 11.7 Å². The molecule has 7 heteroatoms. The minimum absolute atomic E-state index is 0.179. The van der Waals surface area contributed by atoms with E-state index < -0.39 is 0 Å². The van der Waals surface area contributed by atoms with Crippen LogP contribution in [0.2, 0.25) is 0 Å². The number of para-hydroxylation sites is 2. The molecule has 3 aromatic rings. The molecule has 1 amide bonds. The third kappa shape index (κ3) is 5.48. The summed E-state index contributed by atoms with van der Waals surface area (Å²) >= 11 is 0. The number of nitrogens with two attached hydrogens (primary N) is 1. The first kappa shape index (κ1) is 21.1. The molecule has 0 aliphatic carbocycles. The summed E-state index contributed by atoms with van der Waals surface area (Å²) < 4.78 is 16.5. The van der Waals surface area contributed by atoms with Gasteiger partial charge in [-0.2, -0.15) is 0 Å². The molecule has 0 aliphatic rings. The molecule has 1 aromatic heterocycles. The molecule has 0 bridgehead atoms. The van der Waals surface area contributed by atoms with E-state index in [9.17, 15) is 4.79 Å². The topological polar surface area (TPSA) is 95.7 Å². The summed E-state index contributed by atoms with van der Waals surface area (Å²) in [6.45, 7) is 3.19. The molecule has 0 unspecified atom stereocenters. The molecule has 156 valence electrons. The van der Waals surface area contributed by atoms with Gasteiger partial charge in [0.05, 0.1) is 24.5 Å². The normalized spacial score (nSPS) is 10.5. The summed E-state index contributed by atoms with van der Waals surface area (Å²) in [5.74, 6) is 1.92. The Kier molecular flexibility index (Phi) is 7.24. The molecule has 0 radical (unpaired) electrons. The van der Waals surface area contributed by atoms with E-state index in [1.165, 1.54) is 0 Å². The Labute approximate surface area is 175 Å². The molecule has 0 fully saturated rings. The van der Waals surface area contributed by atoms with Crippen LogP contribution < -0.4 is 20.5 Å². The van der Waals surface area contributed by atoms with E-state index in [0.717, 1.165) is 5.56 Å². The van der Waals surface area contributed by atoms with Gasteiger partial charge in [0.1, 0.15) is 11.6 Å². The van der Waals surface area contributed by atoms with Crippen molar-refractivity contribution in [3.05, 3.63) is 77.5 Å². The minimum Gasteiger partial charge on any atom is -0.490 e. The number of nitrogens with zero attached hydrogens (tertiary/aromatic N) is 1. The van der Waals surface area contributed by atoms with Gasteiger partial charge >= 0.3 is 0 Å². The second-order valence-corrected chi connectivity index (χ2v) is 6.48. The number of carbonyl (C=O) groups excluding carboxylic acids is 1. The molecule has 0 aliphatic heterocycles. The van der Waals surface area contributed by atoms with Crippen LogP contribution in [-0.2, 0) is 17.9 Å². The maximum absolute atomic E-state index is 12.4. The van der Waals surface area contributed by atoms with Crippen molar-refractivity contribution < 1.29 is 19.0 Å². The van der Waals surface area contributed by atoms with Crippen LogP contribution in [0.25, 0.3) is 0 Å². The Morgan fingerprint density at radius 3 is 2.43 bits per heavy atom. The standard InChI is InChI=1S/C23H25N3O4/c1-3-29-20-6-4-5-7-21(20)30-18-11-8-16(9-12-18)14-25-23(27)19-13-10-17(15-28-2)26-22(19)24/h4-13H,3,14-15H2,1-2H3,(H2,24,26)(H,25,27). The molecule has 7 nitrogen and oxygen atoms in total. The molecule has 3 N–H and O–H groups in total. The van der Waals surface area contributed by atoms with Crippen LogP contribution in [-0.4, -0.2) is 24.6 Å². The van der Waals surface area contributed by atoms with Gasteiger partial charge < -0.3 is 25.3 Å². The molecular formula is C23H25N3O4. The second-order valence-electron chi connectivity index (χ2n) is 6.48. The van der Waals surface area contributed by atoms with Crippen LogP contribution in [0.1, 0.15) is 28.5 Å². The summed E-state index contributed by atoms with van der Waals surface area (Å²) in [4.78, 5) is 16.6. The zero-order chi connectivity index (χ0) is 21.3. The number of amides is 1. The minimum atomic E-state index is -0.282. The van der Waals surface area contributed by atoms with Crippen LogP contribution in [0, 0.1) is 0 Å². The van der Waals surface area contributed by atoms with E-state index in [1.807, 2.05) is 55.5 Å². The van der Waals surface area contributed by atoms with Crippen LogP contribution in [0.5, 0.6) is 17.2 Å². The number of hydrogen-bond donors (Lipinski definition) is 2. The first-order valence-corrected chi connectivity index (χ1v) is 9.62. The van der Waals surface area contributed by atoms with Crippen molar-refractivity contribution in [2.45, 2.75) is 20.1 Å². The first-order valence-electron chi connectivity index (χ1n) is 9.62. The number of carbonyl (C=O) groups is 1. The van der Waals surface area contributed by atoms with Gasteiger partial charge in [0, 0.05) is 13.7 Å². The Morgan fingerprint density at radius 1 is 1.03 bits per heavy atom. The molecule has 0 saturated heterocycles. The van der Waals surface area contributed by atoms with E-state index in [4.69, 9.17) is 19.9 Å². The molecule has 1 heterocycles. The van der Waals surface area contributed by atoms with Gasteiger partial charge in [-0.05, 0) is 48.9 Å². The number of nitrogens with one attached hydrogen (secondary N) is 1. The molecular weight excluding hydrogens is 382 g/mol. The number of rotatable bonds is 9. The largest absolute Gasteiger partial charge is 0.490 e. The maximum atomic E-state index is 12.4. The van der Waals surface area contributed by atoms with Crippen molar-refractivity contribution in [3.8, 4) is 17.2 Å². The number of ether oxygens (including phenoxy) is 3. The van der Waals surface area contributed by atoms with Gasteiger partial charge in [-0.1, -0.05) is 24.3 Å². The van der Waals surface area contributed by atoms with Gasteiger partial charge in [-0.3, -0.25) is 4.79 Å². The van der Waals surface area contributed by atoms with E-state index in [-0.39, 0.29) is 11.7 Å². The van der Waals surface area contributed by atoms with E-state index in [1.54, 1.807) is 19.2 Å². The molecule has 3 rings (SSSR count). The number of aromatic nitrogens is 1. The predicted molar refractivity (Wildman–Crippen MR) is 115 cm³/mol. The summed E-state index contributed by atoms with van der Waals surface area (Å²) in [6.07, 6.45) is 0. The average Bonchev–Trinajstić information content (AvgIpc) is 2.75. The highest BCUT2D eigenvalue weighted by Crippen LogP contribution is 2.31. The Balaban J connectivity index is 1.59. The molecule has 0 saturated carbocycles. The number of pyridine rings is 1. The van der Waals surface area contributed by atoms with Crippen LogP contribution in [0.15, 0.2) is 60.7 Å². The highest BCUT2D eigenvalue weighted by molar-refractivity contribution is 5.98. The van der Waals surface area contributed by atoms with Gasteiger partial charge in [0.15, 0.2) is 11.5 Å². The number of anilines is 1. The maximum Gasteiger partial charge on any atom is 0.255 e. The lowest BCUT2D eigenvalue weighted by Crippen LogP contribution is -2.24. The number of hydrogen-bond acceptors (Lipinski definition) is 6. The Hall–Kier alpha value is -3.58. The monoisotopic (exact) mass is 407 g/mol. The van der Waals surface area contributed by atoms with Gasteiger partial charge in [-0.15, -0.1) is 0 Å². The zero-order valence-electron chi connectivity index (χ0n) is 17.1. The van der Waals surface area contributed by atoms with E-state index >= 15 is 0 Å². The average molecular weight is 407 g/mol. The lowest BCUT2D eigenvalue weighted by atomic mass is 10.2. The van der Waals surface area contributed by atoms with Gasteiger partial charge in [0.2, 0.25) is 0 Å². The molecule has 0 atom stereocenters. The summed E-state index contributed by atoms with van der Waals surface area (Å²) in [6, 6.07) is 18.4. The highest BCUT2D eigenvalue weighted by Gasteiger charge is 2.11. The fraction of sp³-hybridized carbons (Fsp3) is 0.217. The third-order valence-corrected chi connectivity index (χ3v) is 4.27. The van der Waals surface area contributed by atoms with Crippen molar-refractivity contribution in [3.63, 3.8) is 0 Å². The second kappa shape index (κ2) is 10.3. The van der Waals surface area contributed by atoms with Crippen LogP contribution >= 0.6 is 0 Å². The smallest absolute Gasteiger partial charge is 0.255 e.